The Morgan fingerprint density at radius 1 is 1.12 bits per heavy atom. The highest BCUT2D eigenvalue weighted by atomic mass is 32.2. The summed E-state index contributed by atoms with van der Waals surface area (Å²) in [5.41, 5.74) is 4.71. The van der Waals surface area contributed by atoms with Gasteiger partial charge < -0.3 is 5.32 Å². The molecule has 134 valence electrons. The zero-order chi connectivity index (χ0) is 18.8. The number of carbonyl (C=O) groups is 1. The molecule has 0 aliphatic heterocycles. The Morgan fingerprint density at radius 2 is 1.80 bits per heavy atom. The summed E-state index contributed by atoms with van der Waals surface area (Å²) in [6.45, 7) is 5.80. The summed E-state index contributed by atoms with van der Waals surface area (Å²) in [4.78, 5) is 12.6. The lowest BCUT2D eigenvalue weighted by Crippen LogP contribution is -2.25. The molecule has 2 aromatic rings. The quantitative estimate of drug-likeness (QED) is 0.887. The van der Waals surface area contributed by atoms with E-state index in [1.165, 1.54) is 11.4 Å². The molecule has 0 radical (unpaired) electrons. The van der Waals surface area contributed by atoms with Crippen molar-refractivity contribution in [3.63, 3.8) is 0 Å². The Hall–Kier alpha value is -2.34. The fourth-order valence-corrected chi connectivity index (χ4v) is 3.28. The Bertz CT molecular complexity index is 905. The lowest BCUT2D eigenvalue weighted by molar-refractivity contribution is 0.102. The molecule has 0 unspecified atom stereocenters. The van der Waals surface area contributed by atoms with Crippen LogP contribution in [0, 0.1) is 13.8 Å². The van der Waals surface area contributed by atoms with Crippen LogP contribution in [0.25, 0.3) is 0 Å². The molecule has 1 N–H and O–H groups in total. The van der Waals surface area contributed by atoms with Crippen molar-refractivity contribution >= 4 is 27.3 Å². The van der Waals surface area contributed by atoms with Crippen LogP contribution in [-0.4, -0.2) is 27.6 Å². The molecule has 0 aliphatic carbocycles. The van der Waals surface area contributed by atoms with E-state index < -0.39 is 10.0 Å². The third-order valence-corrected chi connectivity index (χ3v) is 5.47. The van der Waals surface area contributed by atoms with Gasteiger partial charge in [0.15, 0.2) is 0 Å². The summed E-state index contributed by atoms with van der Waals surface area (Å²) < 4.78 is 24.6. The normalized spacial score (nSPS) is 11.2. The topological polar surface area (TPSA) is 66.5 Å². The predicted octanol–water partition coefficient (Wildman–Crippen LogP) is 3.51. The van der Waals surface area contributed by atoms with Crippen LogP contribution in [0.4, 0.5) is 11.4 Å². The molecule has 0 aliphatic rings. The van der Waals surface area contributed by atoms with Crippen molar-refractivity contribution in [3.8, 4) is 0 Å². The third-order valence-electron chi connectivity index (χ3n) is 4.27. The Morgan fingerprint density at radius 3 is 2.36 bits per heavy atom. The van der Waals surface area contributed by atoms with Gasteiger partial charge in [0.25, 0.3) is 5.91 Å². The summed E-state index contributed by atoms with van der Waals surface area (Å²) in [6, 6.07) is 10.9. The van der Waals surface area contributed by atoms with Gasteiger partial charge in [-0.1, -0.05) is 25.1 Å². The Kier molecular flexibility index (Phi) is 5.52. The number of para-hydroxylation sites is 1. The smallest absolute Gasteiger partial charge is 0.255 e. The highest BCUT2D eigenvalue weighted by molar-refractivity contribution is 7.92. The highest BCUT2D eigenvalue weighted by Gasteiger charge is 2.16. The summed E-state index contributed by atoms with van der Waals surface area (Å²) in [5, 5.41) is 2.98. The molecule has 2 aromatic carbocycles. The van der Waals surface area contributed by atoms with E-state index in [4.69, 9.17) is 0 Å². The van der Waals surface area contributed by atoms with Gasteiger partial charge >= 0.3 is 0 Å². The van der Waals surface area contributed by atoms with E-state index >= 15 is 0 Å². The van der Waals surface area contributed by atoms with E-state index in [0.717, 1.165) is 35.1 Å². The number of amides is 1. The molecule has 0 aromatic heterocycles. The number of hydrogen-bond acceptors (Lipinski definition) is 3. The van der Waals surface area contributed by atoms with Crippen molar-refractivity contribution in [3.05, 3.63) is 58.7 Å². The number of benzene rings is 2. The van der Waals surface area contributed by atoms with Crippen LogP contribution in [0.5, 0.6) is 0 Å². The zero-order valence-corrected chi connectivity index (χ0v) is 16.1. The molecule has 0 saturated carbocycles. The molecular formula is C19H24N2O3S. The molecule has 5 nitrogen and oxygen atoms in total. The number of nitrogens with one attached hydrogen (secondary N) is 1. The van der Waals surface area contributed by atoms with Crippen LogP contribution in [0.2, 0.25) is 0 Å². The fraction of sp³-hybridized carbons (Fsp3) is 0.316. The molecule has 0 saturated heterocycles. The minimum atomic E-state index is -3.34. The Labute approximate surface area is 149 Å². The van der Waals surface area contributed by atoms with Gasteiger partial charge in [0.1, 0.15) is 0 Å². The van der Waals surface area contributed by atoms with Crippen LogP contribution < -0.4 is 9.62 Å². The van der Waals surface area contributed by atoms with Gasteiger partial charge in [-0.05, 0) is 55.2 Å². The largest absolute Gasteiger partial charge is 0.321 e. The number of aryl methyl sites for hydroxylation is 3. The van der Waals surface area contributed by atoms with Gasteiger partial charge in [-0.25, -0.2) is 8.42 Å². The maximum Gasteiger partial charge on any atom is 0.255 e. The van der Waals surface area contributed by atoms with E-state index in [9.17, 15) is 13.2 Å². The summed E-state index contributed by atoms with van der Waals surface area (Å²) >= 11 is 0. The highest BCUT2D eigenvalue weighted by Crippen LogP contribution is 2.25. The molecule has 0 heterocycles. The number of anilines is 2. The van der Waals surface area contributed by atoms with Crippen LogP contribution in [-0.2, 0) is 16.4 Å². The van der Waals surface area contributed by atoms with Gasteiger partial charge in [-0.15, -0.1) is 0 Å². The molecule has 6 heteroatoms. The molecule has 25 heavy (non-hydrogen) atoms. The second kappa shape index (κ2) is 7.27. The van der Waals surface area contributed by atoms with Crippen molar-refractivity contribution in [1.82, 2.24) is 0 Å². The van der Waals surface area contributed by atoms with Crippen LogP contribution >= 0.6 is 0 Å². The first-order valence-corrected chi connectivity index (χ1v) is 9.94. The average molecular weight is 360 g/mol. The van der Waals surface area contributed by atoms with E-state index in [1.807, 2.05) is 32.0 Å². The predicted molar refractivity (Wildman–Crippen MR) is 103 cm³/mol. The number of rotatable bonds is 5. The fourth-order valence-electron chi connectivity index (χ4n) is 2.72. The molecular weight excluding hydrogens is 336 g/mol. The maximum absolute atomic E-state index is 12.6. The average Bonchev–Trinajstić information content (AvgIpc) is 2.55. The number of nitrogens with zero attached hydrogens (tertiary/aromatic N) is 1. The van der Waals surface area contributed by atoms with E-state index in [2.05, 4.69) is 5.32 Å². The first kappa shape index (κ1) is 19.0. The molecule has 1 amide bonds. The third kappa shape index (κ3) is 4.20. The van der Waals surface area contributed by atoms with E-state index in [-0.39, 0.29) is 5.91 Å². The van der Waals surface area contributed by atoms with Gasteiger partial charge in [0.05, 0.1) is 11.9 Å². The standard InChI is InChI=1S/C19H24N2O3S/c1-6-15-9-7-8-13(2)18(15)20-19(22)16-10-11-17(14(3)12-16)21(4)25(5,23)24/h7-12H,6H2,1-5H3,(H,20,22). The molecule has 2 rings (SSSR count). The van der Waals surface area contributed by atoms with Crippen LogP contribution in [0.1, 0.15) is 34.0 Å². The van der Waals surface area contributed by atoms with E-state index in [0.29, 0.717) is 11.3 Å². The summed E-state index contributed by atoms with van der Waals surface area (Å²) in [6.07, 6.45) is 1.98. The maximum atomic E-state index is 12.6. The SMILES string of the molecule is CCc1cccc(C)c1NC(=O)c1ccc(N(C)S(C)(=O)=O)c(C)c1. The van der Waals surface area contributed by atoms with Crippen molar-refractivity contribution in [2.75, 3.05) is 22.9 Å². The minimum absolute atomic E-state index is 0.208. The van der Waals surface area contributed by atoms with Crippen LogP contribution in [0.3, 0.4) is 0 Å². The molecule has 0 bridgehead atoms. The van der Waals surface area contributed by atoms with Crippen molar-refractivity contribution in [1.29, 1.82) is 0 Å². The lowest BCUT2D eigenvalue weighted by atomic mass is 10.0. The first-order valence-electron chi connectivity index (χ1n) is 8.09. The van der Waals surface area contributed by atoms with Gasteiger partial charge in [0.2, 0.25) is 10.0 Å². The number of sulfonamides is 1. The minimum Gasteiger partial charge on any atom is -0.321 e. The van der Waals surface area contributed by atoms with Crippen LogP contribution in [0.15, 0.2) is 36.4 Å². The van der Waals surface area contributed by atoms with Gasteiger partial charge in [0, 0.05) is 18.3 Å². The number of hydrogen-bond donors (Lipinski definition) is 1. The molecule has 0 fully saturated rings. The molecule has 0 atom stereocenters. The Balaban J connectivity index is 2.32. The summed E-state index contributed by atoms with van der Waals surface area (Å²) in [7, 11) is -1.84. The first-order chi connectivity index (χ1) is 11.6. The monoisotopic (exact) mass is 360 g/mol. The van der Waals surface area contributed by atoms with E-state index in [1.54, 1.807) is 25.1 Å². The van der Waals surface area contributed by atoms with Gasteiger partial charge in [-0.2, -0.15) is 0 Å². The zero-order valence-electron chi connectivity index (χ0n) is 15.3. The van der Waals surface area contributed by atoms with Crippen molar-refractivity contribution in [2.24, 2.45) is 0 Å². The van der Waals surface area contributed by atoms with Gasteiger partial charge in [-0.3, -0.25) is 9.10 Å². The number of carbonyl (C=O) groups excluding carboxylic acids is 1. The van der Waals surface area contributed by atoms with Crippen molar-refractivity contribution < 1.29 is 13.2 Å². The second-order valence-electron chi connectivity index (χ2n) is 6.15. The molecule has 0 spiro atoms. The summed E-state index contributed by atoms with van der Waals surface area (Å²) in [5.74, 6) is -0.208. The second-order valence-corrected chi connectivity index (χ2v) is 8.16. The lowest BCUT2D eigenvalue weighted by Gasteiger charge is -2.19. The van der Waals surface area contributed by atoms with Crippen molar-refractivity contribution in [2.45, 2.75) is 27.2 Å².